The molecule has 2 N–H and O–H groups in total. The number of hydrogen-bond donors (Lipinski definition) is 1. The smallest absolute Gasteiger partial charge is 0.0626 e. The van der Waals surface area contributed by atoms with Crippen molar-refractivity contribution in [2.24, 2.45) is 11.7 Å². The first-order valence-electron chi connectivity index (χ1n) is 4.52. The molecule has 3 unspecified atom stereocenters. The Bertz CT molecular complexity index is 161. The van der Waals surface area contributed by atoms with Gasteiger partial charge in [0.1, 0.15) is 0 Å². The van der Waals surface area contributed by atoms with Gasteiger partial charge in [-0.1, -0.05) is 0 Å². The standard InChI is InChI=1S/C9H17NO/c1-9(2,10)7-5-6-3-4-8(7)11-6/h6-8H,3-5,10H2,1-2H3. The first-order valence-corrected chi connectivity index (χ1v) is 4.52. The normalized spacial score (nSPS) is 43.4. The summed E-state index contributed by atoms with van der Waals surface area (Å²) >= 11 is 0. The Labute approximate surface area is 68.1 Å². The fraction of sp³-hybridized carbons (Fsp3) is 1.00. The zero-order valence-electron chi connectivity index (χ0n) is 7.34. The molecule has 2 rings (SSSR count). The van der Waals surface area contributed by atoms with Crippen LogP contribution in [-0.2, 0) is 4.74 Å². The topological polar surface area (TPSA) is 35.2 Å². The van der Waals surface area contributed by atoms with Crippen molar-refractivity contribution >= 4 is 0 Å². The molecule has 2 aliphatic rings. The van der Waals surface area contributed by atoms with Gasteiger partial charge >= 0.3 is 0 Å². The maximum atomic E-state index is 6.05. The van der Waals surface area contributed by atoms with Crippen LogP contribution in [0.4, 0.5) is 0 Å². The van der Waals surface area contributed by atoms with E-state index in [4.69, 9.17) is 10.5 Å². The summed E-state index contributed by atoms with van der Waals surface area (Å²) < 4.78 is 5.73. The van der Waals surface area contributed by atoms with Crippen LogP contribution >= 0.6 is 0 Å². The van der Waals surface area contributed by atoms with E-state index in [1.165, 1.54) is 19.3 Å². The highest BCUT2D eigenvalue weighted by molar-refractivity contribution is 4.98. The van der Waals surface area contributed by atoms with Crippen molar-refractivity contribution in [3.63, 3.8) is 0 Å². The average Bonchev–Trinajstić information content (AvgIpc) is 2.42. The molecule has 0 aliphatic carbocycles. The fourth-order valence-electron chi connectivity index (χ4n) is 2.42. The van der Waals surface area contributed by atoms with E-state index in [-0.39, 0.29) is 5.54 Å². The van der Waals surface area contributed by atoms with Crippen LogP contribution in [0.3, 0.4) is 0 Å². The third kappa shape index (κ3) is 1.18. The summed E-state index contributed by atoms with van der Waals surface area (Å²) in [6.07, 6.45) is 4.69. The minimum absolute atomic E-state index is 0.0418. The highest BCUT2D eigenvalue weighted by atomic mass is 16.5. The van der Waals surface area contributed by atoms with Crippen molar-refractivity contribution in [2.45, 2.75) is 50.9 Å². The molecule has 2 heterocycles. The molecule has 0 saturated carbocycles. The maximum absolute atomic E-state index is 6.05. The van der Waals surface area contributed by atoms with E-state index in [0.717, 1.165) is 0 Å². The van der Waals surface area contributed by atoms with Crippen LogP contribution in [0.1, 0.15) is 33.1 Å². The van der Waals surface area contributed by atoms with E-state index >= 15 is 0 Å². The van der Waals surface area contributed by atoms with Crippen molar-refractivity contribution in [3.8, 4) is 0 Å². The Balaban J connectivity index is 2.08. The third-order valence-electron chi connectivity index (χ3n) is 3.06. The lowest BCUT2D eigenvalue weighted by molar-refractivity contribution is 0.0808. The summed E-state index contributed by atoms with van der Waals surface area (Å²) in [5.74, 6) is 0.598. The predicted octanol–water partition coefficient (Wildman–Crippen LogP) is 1.29. The van der Waals surface area contributed by atoms with Gasteiger partial charge in [0.25, 0.3) is 0 Å². The van der Waals surface area contributed by atoms with Crippen molar-refractivity contribution < 1.29 is 4.74 Å². The molecule has 2 nitrogen and oxygen atoms in total. The van der Waals surface area contributed by atoms with Crippen LogP contribution < -0.4 is 5.73 Å². The van der Waals surface area contributed by atoms with Gasteiger partial charge in [0.05, 0.1) is 12.2 Å². The van der Waals surface area contributed by atoms with E-state index in [1.54, 1.807) is 0 Å². The van der Waals surface area contributed by atoms with Gasteiger partial charge in [-0.25, -0.2) is 0 Å². The second kappa shape index (κ2) is 2.20. The molecule has 2 saturated heterocycles. The second-order valence-corrected chi connectivity index (χ2v) is 4.54. The highest BCUT2D eigenvalue weighted by Crippen LogP contribution is 2.42. The van der Waals surface area contributed by atoms with Crippen molar-refractivity contribution in [1.29, 1.82) is 0 Å². The molecule has 0 spiro atoms. The molecule has 3 atom stereocenters. The average molecular weight is 155 g/mol. The molecular weight excluding hydrogens is 138 g/mol. The number of rotatable bonds is 1. The van der Waals surface area contributed by atoms with Crippen LogP contribution in [-0.4, -0.2) is 17.7 Å². The summed E-state index contributed by atoms with van der Waals surface area (Å²) in [5.41, 5.74) is 6.01. The Hall–Kier alpha value is -0.0800. The van der Waals surface area contributed by atoms with Gasteiger partial charge in [0, 0.05) is 11.5 Å². The molecule has 2 bridgehead atoms. The number of ether oxygens (including phenoxy) is 1. The summed E-state index contributed by atoms with van der Waals surface area (Å²) in [7, 11) is 0. The molecule has 2 heteroatoms. The minimum atomic E-state index is -0.0418. The molecule has 2 aliphatic heterocycles. The van der Waals surface area contributed by atoms with Crippen LogP contribution in [0, 0.1) is 5.92 Å². The van der Waals surface area contributed by atoms with Gasteiger partial charge in [-0.15, -0.1) is 0 Å². The van der Waals surface area contributed by atoms with E-state index in [9.17, 15) is 0 Å². The first-order chi connectivity index (χ1) is 5.07. The summed E-state index contributed by atoms with van der Waals surface area (Å²) in [6, 6.07) is 0. The van der Waals surface area contributed by atoms with Crippen molar-refractivity contribution in [3.05, 3.63) is 0 Å². The molecule has 0 radical (unpaired) electrons. The number of hydrogen-bond acceptors (Lipinski definition) is 2. The lowest BCUT2D eigenvalue weighted by Crippen LogP contribution is -2.45. The molecule has 2 fully saturated rings. The van der Waals surface area contributed by atoms with E-state index in [1.807, 2.05) is 0 Å². The summed E-state index contributed by atoms with van der Waals surface area (Å²) in [6.45, 7) is 4.23. The molecule has 0 aromatic rings. The van der Waals surface area contributed by atoms with E-state index < -0.39 is 0 Å². The number of fused-ring (bicyclic) bond motifs is 2. The number of nitrogens with two attached hydrogens (primary N) is 1. The fourth-order valence-corrected chi connectivity index (χ4v) is 2.42. The highest BCUT2D eigenvalue weighted by Gasteiger charge is 2.45. The van der Waals surface area contributed by atoms with Gasteiger partial charge in [0.15, 0.2) is 0 Å². The zero-order valence-corrected chi connectivity index (χ0v) is 7.34. The third-order valence-corrected chi connectivity index (χ3v) is 3.06. The molecule has 64 valence electrons. The zero-order chi connectivity index (χ0) is 8.06. The predicted molar refractivity (Wildman–Crippen MR) is 44.3 cm³/mol. The Kier molecular flexibility index (Phi) is 1.52. The van der Waals surface area contributed by atoms with Gasteiger partial charge in [-0.05, 0) is 33.1 Å². The molecular formula is C9H17NO. The first kappa shape index (κ1) is 7.56. The van der Waals surface area contributed by atoms with Gasteiger partial charge in [-0.3, -0.25) is 0 Å². The maximum Gasteiger partial charge on any atom is 0.0626 e. The van der Waals surface area contributed by atoms with Crippen molar-refractivity contribution in [1.82, 2.24) is 0 Å². The monoisotopic (exact) mass is 155 g/mol. The van der Waals surface area contributed by atoms with Crippen LogP contribution in [0.25, 0.3) is 0 Å². The van der Waals surface area contributed by atoms with Gasteiger partial charge in [-0.2, -0.15) is 0 Å². The van der Waals surface area contributed by atoms with Crippen molar-refractivity contribution in [2.75, 3.05) is 0 Å². The van der Waals surface area contributed by atoms with Gasteiger partial charge < -0.3 is 10.5 Å². The lowest BCUT2D eigenvalue weighted by Gasteiger charge is -2.31. The second-order valence-electron chi connectivity index (χ2n) is 4.54. The van der Waals surface area contributed by atoms with Crippen LogP contribution in [0.15, 0.2) is 0 Å². The summed E-state index contributed by atoms with van der Waals surface area (Å²) in [5, 5.41) is 0. The molecule has 0 amide bonds. The van der Waals surface area contributed by atoms with Gasteiger partial charge in [0.2, 0.25) is 0 Å². The SMILES string of the molecule is CC(C)(N)C1CC2CCC1O2. The quantitative estimate of drug-likeness (QED) is 0.619. The van der Waals surface area contributed by atoms with E-state index in [2.05, 4.69) is 13.8 Å². The minimum Gasteiger partial charge on any atom is -0.375 e. The van der Waals surface area contributed by atoms with Crippen LogP contribution in [0.5, 0.6) is 0 Å². The molecule has 0 aromatic carbocycles. The van der Waals surface area contributed by atoms with E-state index in [0.29, 0.717) is 18.1 Å². The Morgan fingerprint density at radius 3 is 2.36 bits per heavy atom. The Morgan fingerprint density at radius 2 is 2.09 bits per heavy atom. The molecule has 11 heavy (non-hydrogen) atoms. The lowest BCUT2D eigenvalue weighted by atomic mass is 9.77. The largest absolute Gasteiger partial charge is 0.375 e. The molecule has 0 aromatic heterocycles. The van der Waals surface area contributed by atoms with Crippen LogP contribution in [0.2, 0.25) is 0 Å². The summed E-state index contributed by atoms with van der Waals surface area (Å²) in [4.78, 5) is 0. The Morgan fingerprint density at radius 1 is 1.36 bits per heavy atom.